The Morgan fingerprint density at radius 3 is 2.05 bits per heavy atom. The molecule has 116 valence electrons. The molecule has 0 unspecified atom stereocenters. The van der Waals surface area contributed by atoms with Crippen molar-refractivity contribution in [2.75, 3.05) is 6.54 Å². The van der Waals surface area contributed by atoms with Crippen molar-refractivity contribution in [3.05, 3.63) is 0 Å². The fourth-order valence-corrected chi connectivity index (χ4v) is 1.56. The number of nitrogens with two attached hydrogens (primary N) is 1. The van der Waals surface area contributed by atoms with Gasteiger partial charge in [-0.3, -0.25) is 14.4 Å². The fourth-order valence-electron chi connectivity index (χ4n) is 1.56. The Morgan fingerprint density at radius 2 is 1.65 bits per heavy atom. The topological polar surface area (TPSA) is 122 Å². The van der Waals surface area contributed by atoms with Crippen molar-refractivity contribution in [2.45, 2.75) is 46.2 Å². The van der Waals surface area contributed by atoms with Crippen molar-refractivity contribution in [2.24, 2.45) is 17.6 Å². The summed E-state index contributed by atoms with van der Waals surface area (Å²) >= 11 is 0. The minimum absolute atomic E-state index is 0.0446. The van der Waals surface area contributed by atoms with Crippen LogP contribution in [0.1, 0.15) is 34.1 Å². The number of hydrogen-bond donors (Lipinski definition) is 4. The highest BCUT2D eigenvalue weighted by atomic mass is 16.4. The standard InChI is InChI=1S/C13H25N3O4/c1-7(2)5-9(12(19)15-6-10(17)18)16-13(20)11(14)8(3)4/h7-9,11H,5-6,14H2,1-4H3,(H,15,19)(H,16,20)(H,17,18)/t9-,11-/m0/s1. The van der Waals surface area contributed by atoms with Crippen LogP contribution in [0, 0.1) is 11.8 Å². The summed E-state index contributed by atoms with van der Waals surface area (Å²) in [6, 6.07) is -1.47. The van der Waals surface area contributed by atoms with Crippen molar-refractivity contribution in [3.63, 3.8) is 0 Å². The lowest BCUT2D eigenvalue weighted by molar-refractivity contribution is -0.138. The van der Waals surface area contributed by atoms with Gasteiger partial charge in [0.2, 0.25) is 11.8 Å². The molecule has 7 nitrogen and oxygen atoms in total. The number of carbonyl (C=O) groups is 3. The van der Waals surface area contributed by atoms with Crippen LogP contribution in [0.25, 0.3) is 0 Å². The Hall–Kier alpha value is -1.63. The zero-order valence-corrected chi connectivity index (χ0v) is 12.5. The molecule has 0 spiro atoms. The molecule has 0 aromatic carbocycles. The summed E-state index contributed by atoms with van der Waals surface area (Å²) in [6.45, 7) is 6.97. The van der Waals surface area contributed by atoms with Crippen LogP contribution in [0.5, 0.6) is 0 Å². The molecule has 0 aliphatic rings. The van der Waals surface area contributed by atoms with E-state index in [0.717, 1.165) is 0 Å². The second-order valence-corrected chi connectivity index (χ2v) is 5.57. The molecular weight excluding hydrogens is 262 g/mol. The van der Waals surface area contributed by atoms with E-state index >= 15 is 0 Å². The first-order valence-electron chi connectivity index (χ1n) is 6.70. The molecule has 0 bridgehead atoms. The van der Waals surface area contributed by atoms with Crippen molar-refractivity contribution < 1.29 is 19.5 Å². The maximum absolute atomic E-state index is 11.9. The van der Waals surface area contributed by atoms with Gasteiger partial charge in [0.05, 0.1) is 6.04 Å². The van der Waals surface area contributed by atoms with Gasteiger partial charge in [-0.1, -0.05) is 27.7 Å². The predicted molar refractivity (Wildman–Crippen MR) is 74.8 cm³/mol. The Labute approximate surface area is 119 Å². The van der Waals surface area contributed by atoms with E-state index < -0.39 is 36.4 Å². The van der Waals surface area contributed by atoms with Crippen molar-refractivity contribution >= 4 is 17.8 Å². The molecule has 0 aliphatic carbocycles. The lowest BCUT2D eigenvalue weighted by atomic mass is 10.0. The molecule has 2 atom stereocenters. The van der Waals surface area contributed by atoms with Crippen LogP contribution in [0.3, 0.4) is 0 Å². The second kappa shape index (κ2) is 8.52. The average molecular weight is 287 g/mol. The molecule has 0 aliphatic heterocycles. The van der Waals surface area contributed by atoms with Crippen LogP contribution in [0.15, 0.2) is 0 Å². The molecule has 0 radical (unpaired) electrons. The molecule has 0 heterocycles. The fraction of sp³-hybridized carbons (Fsp3) is 0.769. The number of aliphatic carboxylic acids is 1. The highest BCUT2D eigenvalue weighted by Gasteiger charge is 2.25. The highest BCUT2D eigenvalue weighted by Crippen LogP contribution is 2.06. The van der Waals surface area contributed by atoms with E-state index in [9.17, 15) is 14.4 Å². The van der Waals surface area contributed by atoms with Crippen LogP contribution < -0.4 is 16.4 Å². The number of carbonyl (C=O) groups excluding carboxylic acids is 2. The molecule has 5 N–H and O–H groups in total. The van der Waals surface area contributed by atoms with Gasteiger partial charge in [-0.2, -0.15) is 0 Å². The molecule has 0 fully saturated rings. The highest BCUT2D eigenvalue weighted by molar-refractivity contribution is 5.91. The lowest BCUT2D eigenvalue weighted by Gasteiger charge is -2.23. The zero-order valence-electron chi connectivity index (χ0n) is 12.5. The first-order chi connectivity index (χ1) is 9.15. The first-order valence-corrected chi connectivity index (χ1v) is 6.70. The van der Waals surface area contributed by atoms with E-state index in [4.69, 9.17) is 10.8 Å². The minimum Gasteiger partial charge on any atom is -0.480 e. The molecule has 2 amide bonds. The van der Waals surface area contributed by atoms with Crippen molar-refractivity contribution in [3.8, 4) is 0 Å². The van der Waals surface area contributed by atoms with Gasteiger partial charge in [0.25, 0.3) is 0 Å². The van der Waals surface area contributed by atoms with E-state index in [1.54, 1.807) is 0 Å². The summed E-state index contributed by atoms with van der Waals surface area (Å²) in [5.74, 6) is -1.92. The third-order valence-corrected chi connectivity index (χ3v) is 2.77. The van der Waals surface area contributed by atoms with E-state index in [-0.39, 0.29) is 11.8 Å². The summed E-state index contributed by atoms with van der Waals surface area (Å²) in [5, 5.41) is 13.4. The Kier molecular flexibility index (Phi) is 7.83. The summed E-state index contributed by atoms with van der Waals surface area (Å²) in [6.07, 6.45) is 0.419. The lowest BCUT2D eigenvalue weighted by Crippen LogP contribution is -2.53. The number of nitrogens with one attached hydrogen (secondary N) is 2. The summed E-state index contributed by atoms with van der Waals surface area (Å²) < 4.78 is 0. The third-order valence-electron chi connectivity index (χ3n) is 2.77. The van der Waals surface area contributed by atoms with Crippen LogP contribution in [-0.4, -0.2) is 41.5 Å². The van der Waals surface area contributed by atoms with Gasteiger partial charge in [0.1, 0.15) is 12.6 Å². The molecule has 7 heteroatoms. The number of carboxylic acids is 1. The zero-order chi connectivity index (χ0) is 15.9. The van der Waals surface area contributed by atoms with Gasteiger partial charge < -0.3 is 21.5 Å². The SMILES string of the molecule is CC(C)C[C@H](NC(=O)[C@@H](N)C(C)C)C(=O)NCC(=O)O. The number of hydrogen-bond acceptors (Lipinski definition) is 4. The molecule has 0 rings (SSSR count). The maximum atomic E-state index is 11.9. The number of rotatable bonds is 8. The Balaban J connectivity index is 4.67. The predicted octanol–water partition coefficient (Wildman–Crippen LogP) is -0.299. The minimum atomic E-state index is -1.13. The summed E-state index contributed by atoms with van der Waals surface area (Å²) in [5.41, 5.74) is 5.72. The maximum Gasteiger partial charge on any atom is 0.322 e. The third kappa shape index (κ3) is 7.08. The van der Waals surface area contributed by atoms with Gasteiger partial charge in [-0.15, -0.1) is 0 Å². The van der Waals surface area contributed by atoms with Crippen molar-refractivity contribution in [1.82, 2.24) is 10.6 Å². The largest absolute Gasteiger partial charge is 0.480 e. The average Bonchev–Trinajstić information content (AvgIpc) is 2.33. The molecule has 0 aromatic heterocycles. The van der Waals surface area contributed by atoms with Gasteiger partial charge >= 0.3 is 5.97 Å². The first kappa shape index (κ1) is 18.4. The van der Waals surface area contributed by atoms with Crippen LogP contribution >= 0.6 is 0 Å². The normalized spacial score (nSPS) is 13.9. The summed E-state index contributed by atoms with van der Waals surface area (Å²) in [7, 11) is 0. The molecular formula is C13H25N3O4. The Morgan fingerprint density at radius 1 is 1.10 bits per heavy atom. The van der Waals surface area contributed by atoms with E-state index in [1.807, 2.05) is 27.7 Å². The van der Waals surface area contributed by atoms with E-state index in [1.165, 1.54) is 0 Å². The van der Waals surface area contributed by atoms with Gasteiger partial charge in [0.15, 0.2) is 0 Å². The Bertz CT molecular complexity index is 356. The monoisotopic (exact) mass is 287 g/mol. The van der Waals surface area contributed by atoms with E-state index in [0.29, 0.717) is 6.42 Å². The molecule has 0 saturated heterocycles. The van der Waals surface area contributed by atoms with Crippen LogP contribution in [0.2, 0.25) is 0 Å². The molecule has 0 aromatic rings. The van der Waals surface area contributed by atoms with E-state index in [2.05, 4.69) is 10.6 Å². The number of carboxylic acid groups (broad SMARTS) is 1. The smallest absolute Gasteiger partial charge is 0.322 e. The number of amides is 2. The molecule has 0 saturated carbocycles. The quantitative estimate of drug-likeness (QED) is 0.488. The van der Waals surface area contributed by atoms with Crippen molar-refractivity contribution in [1.29, 1.82) is 0 Å². The van der Waals surface area contributed by atoms with Gasteiger partial charge in [0, 0.05) is 0 Å². The van der Waals surface area contributed by atoms with Crippen LogP contribution in [0.4, 0.5) is 0 Å². The van der Waals surface area contributed by atoms with Crippen LogP contribution in [-0.2, 0) is 14.4 Å². The van der Waals surface area contributed by atoms with Gasteiger partial charge in [-0.05, 0) is 18.3 Å². The second-order valence-electron chi connectivity index (χ2n) is 5.57. The summed E-state index contributed by atoms with van der Waals surface area (Å²) in [4.78, 5) is 34.2. The van der Waals surface area contributed by atoms with Gasteiger partial charge in [-0.25, -0.2) is 0 Å². The molecule has 20 heavy (non-hydrogen) atoms.